The maximum atomic E-state index is 11.7. The van der Waals surface area contributed by atoms with Crippen molar-refractivity contribution in [2.75, 3.05) is 25.6 Å². The molecule has 1 aromatic rings. The Kier molecular flexibility index (Phi) is 2.87. The average molecular weight is 260 g/mol. The molecule has 2 N–H and O–H groups in total. The molecule has 4 heteroatoms. The Bertz CT molecular complexity index is 523. The van der Waals surface area contributed by atoms with Gasteiger partial charge in [0.15, 0.2) is 0 Å². The normalized spacial score (nSPS) is 21.4. The van der Waals surface area contributed by atoms with E-state index in [1.54, 1.807) is 4.90 Å². The number of hydrogen-bond acceptors (Lipinski definition) is 3. The number of carbonyl (C=O) groups is 1. The Hall–Kier alpha value is -1.39. The minimum absolute atomic E-state index is 0.00248. The van der Waals surface area contributed by atoms with E-state index in [2.05, 4.69) is 17.4 Å². The van der Waals surface area contributed by atoms with Crippen LogP contribution in [0.4, 0.5) is 5.69 Å². The highest BCUT2D eigenvalue weighted by Gasteiger charge is 2.49. The Morgan fingerprint density at radius 1 is 1.47 bits per heavy atom. The van der Waals surface area contributed by atoms with Gasteiger partial charge in [0.25, 0.3) is 0 Å². The fraction of sp³-hybridized carbons (Fsp3) is 0.533. The zero-order chi connectivity index (χ0) is 13.6. The molecule has 102 valence electrons. The molecular formula is C15H20N2O2. The predicted octanol–water partition coefficient (Wildman–Crippen LogP) is 1.24. The van der Waals surface area contributed by atoms with E-state index in [0.29, 0.717) is 6.42 Å². The van der Waals surface area contributed by atoms with E-state index in [-0.39, 0.29) is 24.0 Å². The van der Waals surface area contributed by atoms with E-state index >= 15 is 0 Å². The number of hydrogen-bond donors (Lipinski definition) is 2. The van der Waals surface area contributed by atoms with Gasteiger partial charge in [-0.05, 0) is 37.1 Å². The second-order valence-corrected chi connectivity index (χ2v) is 5.76. The maximum absolute atomic E-state index is 11.7. The van der Waals surface area contributed by atoms with Crippen molar-refractivity contribution >= 4 is 11.6 Å². The molecule has 0 saturated heterocycles. The van der Waals surface area contributed by atoms with Gasteiger partial charge in [0.2, 0.25) is 5.91 Å². The number of carbonyl (C=O) groups excluding carboxylic acids is 1. The molecule has 1 heterocycles. The summed E-state index contributed by atoms with van der Waals surface area (Å²) < 4.78 is 0. The first kappa shape index (κ1) is 12.6. The lowest BCUT2D eigenvalue weighted by atomic mass is 9.89. The van der Waals surface area contributed by atoms with Gasteiger partial charge in [-0.25, -0.2) is 0 Å². The first-order valence-electron chi connectivity index (χ1n) is 6.79. The fourth-order valence-corrected chi connectivity index (χ4v) is 3.19. The number of nitrogens with one attached hydrogen (secondary N) is 1. The quantitative estimate of drug-likeness (QED) is 0.856. The van der Waals surface area contributed by atoms with Crippen LogP contribution in [0.25, 0.3) is 0 Å². The molecule has 0 spiro atoms. The Morgan fingerprint density at radius 3 is 2.79 bits per heavy atom. The molecule has 1 aliphatic carbocycles. The van der Waals surface area contributed by atoms with Gasteiger partial charge >= 0.3 is 0 Å². The average Bonchev–Trinajstić information content (AvgIpc) is 3.14. The third-order valence-corrected chi connectivity index (χ3v) is 4.62. The second-order valence-electron chi connectivity index (χ2n) is 5.76. The Labute approximate surface area is 113 Å². The summed E-state index contributed by atoms with van der Waals surface area (Å²) in [5, 5.41) is 12.9. The number of anilines is 1. The third kappa shape index (κ3) is 1.86. The van der Waals surface area contributed by atoms with E-state index < -0.39 is 0 Å². The molecule has 0 bridgehead atoms. The smallest absolute Gasteiger partial charge is 0.231 e. The van der Waals surface area contributed by atoms with Crippen LogP contribution < -0.4 is 10.2 Å². The Morgan fingerprint density at radius 2 is 2.21 bits per heavy atom. The maximum Gasteiger partial charge on any atom is 0.231 e. The van der Waals surface area contributed by atoms with Gasteiger partial charge in [-0.1, -0.05) is 12.1 Å². The van der Waals surface area contributed by atoms with Crippen molar-refractivity contribution in [1.82, 2.24) is 5.32 Å². The summed E-state index contributed by atoms with van der Waals surface area (Å²) in [5.74, 6) is 0.149. The molecular weight excluding hydrogens is 240 g/mol. The van der Waals surface area contributed by atoms with Crippen molar-refractivity contribution in [3.63, 3.8) is 0 Å². The molecule has 1 amide bonds. The van der Waals surface area contributed by atoms with Crippen LogP contribution >= 0.6 is 0 Å². The van der Waals surface area contributed by atoms with Crippen molar-refractivity contribution in [3.8, 4) is 0 Å². The zero-order valence-electron chi connectivity index (χ0n) is 11.4. The number of benzene rings is 1. The van der Waals surface area contributed by atoms with Crippen molar-refractivity contribution in [2.45, 2.75) is 25.3 Å². The summed E-state index contributed by atoms with van der Waals surface area (Å²) in [6.07, 6.45) is 2.61. The van der Waals surface area contributed by atoms with Crippen molar-refractivity contribution in [2.24, 2.45) is 5.41 Å². The molecule has 0 radical (unpaired) electrons. The van der Waals surface area contributed by atoms with Crippen molar-refractivity contribution in [1.29, 1.82) is 0 Å². The molecule has 2 aliphatic rings. The van der Waals surface area contributed by atoms with Crippen molar-refractivity contribution < 1.29 is 9.90 Å². The number of aliphatic hydroxyl groups excluding tert-OH is 1. The molecule has 1 atom stereocenters. The standard InChI is InChI=1S/C15H20N2O2/c1-16-14(15(9-18)5-6-15)10-3-4-12-11(7-10)8-13(19)17(12)2/h3-4,7,14,16,18H,5-6,8-9H2,1-2H3. The number of amides is 1. The molecule has 19 heavy (non-hydrogen) atoms. The summed E-state index contributed by atoms with van der Waals surface area (Å²) in [5.41, 5.74) is 3.28. The van der Waals surface area contributed by atoms with Gasteiger partial charge in [0, 0.05) is 24.2 Å². The van der Waals surface area contributed by atoms with E-state index in [1.165, 1.54) is 5.56 Å². The number of nitrogens with zero attached hydrogens (tertiary/aromatic N) is 1. The first-order valence-corrected chi connectivity index (χ1v) is 6.79. The lowest BCUT2D eigenvalue weighted by Gasteiger charge is -2.26. The molecule has 1 fully saturated rings. The monoisotopic (exact) mass is 260 g/mol. The third-order valence-electron chi connectivity index (χ3n) is 4.62. The molecule has 3 rings (SSSR count). The largest absolute Gasteiger partial charge is 0.396 e. The lowest BCUT2D eigenvalue weighted by molar-refractivity contribution is -0.117. The van der Waals surface area contributed by atoms with Gasteiger partial charge in [0.1, 0.15) is 0 Å². The highest BCUT2D eigenvalue weighted by atomic mass is 16.3. The molecule has 1 unspecified atom stereocenters. The van der Waals surface area contributed by atoms with Gasteiger partial charge in [-0.2, -0.15) is 0 Å². The van der Waals surface area contributed by atoms with Gasteiger partial charge in [0.05, 0.1) is 13.0 Å². The van der Waals surface area contributed by atoms with Crippen LogP contribution in [0.5, 0.6) is 0 Å². The van der Waals surface area contributed by atoms with E-state index in [0.717, 1.165) is 24.1 Å². The number of fused-ring (bicyclic) bond motifs is 1. The predicted molar refractivity (Wildman–Crippen MR) is 74.1 cm³/mol. The van der Waals surface area contributed by atoms with Crippen LogP contribution in [-0.4, -0.2) is 31.7 Å². The van der Waals surface area contributed by atoms with Gasteiger partial charge in [-0.15, -0.1) is 0 Å². The summed E-state index contributed by atoms with van der Waals surface area (Å²) in [6, 6.07) is 6.38. The first-order chi connectivity index (χ1) is 9.11. The zero-order valence-corrected chi connectivity index (χ0v) is 11.4. The summed E-state index contributed by atoms with van der Waals surface area (Å²) in [6.45, 7) is 0.217. The summed E-state index contributed by atoms with van der Waals surface area (Å²) in [4.78, 5) is 13.4. The Balaban J connectivity index is 1.95. The number of rotatable bonds is 4. The summed E-state index contributed by atoms with van der Waals surface area (Å²) >= 11 is 0. The molecule has 0 aromatic heterocycles. The number of likely N-dealkylation sites (N-methyl/N-ethyl adjacent to an activating group) is 1. The van der Waals surface area contributed by atoms with E-state index in [9.17, 15) is 9.90 Å². The summed E-state index contributed by atoms with van der Waals surface area (Å²) in [7, 11) is 3.75. The van der Waals surface area contributed by atoms with Crippen LogP contribution in [0.2, 0.25) is 0 Å². The topological polar surface area (TPSA) is 52.6 Å². The molecule has 1 aromatic carbocycles. The molecule has 4 nitrogen and oxygen atoms in total. The molecule has 1 aliphatic heterocycles. The van der Waals surface area contributed by atoms with Gasteiger partial charge in [-0.3, -0.25) is 4.79 Å². The van der Waals surface area contributed by atoms with Gasteiger partial charge < -0.3 is 15.3 Å². The van der Waals surface area contributed by atoms with Crippen LogP contribution in [-0.2, 0) is 11.2 Å². The fourth-order valence-electron chi connectivity index (χ4n) is 3.19. The van der Waals surface area contributed by atoms with E-state index in [1.807, 2.05) is 20.2 Å². The van der Waals surface area contributed by atoms with Crippen LogP contribution in [0.3, 0.4) is 0 Å². The number of aliphatic hydroxyl groups is 1. The minimum atomic E-state index is -0.00248. The second kappa shape index (κ2) is 4.32. The van der Waals surface area contributed by atoms with Crippen molar-refractivity contribution in [3.05, 3.63) is 29.3 Å². The van der Waals surface area contributed by atoms with E-state index in [4.69, 9.17) is 0 Å². The SMILES string of the molecule is CNC(c1ccc2c(c1)CC(=O)N2C)C1(CO)CC1. The van der Waals surface area contributed by atoms with Crippen LogP contribution in [0, 0.1) is 5.41 Å². The van der Waals surface area contributed by atoms with Crippen LogP contribution in [0.15, 0.2) is 18.2 Å². The van der Waals surface area contributed by atoms with Crippen LogP contribution in [0.1, 0.15) is 30.0 Å². The molecule has 1 saturated carbocycles. The highest BCUT2D eigenvalue weighted by Crippen LogP contribution is 2.54. The lowest BCUT2D eigenvalue weighted by Crippen LogP contribution is -2.29. The highest BCUT2D eigenvalue weighted by molar-refractivity contribution is 6.00. The minimum Gasteiger partial charge on any atom is -0.396 e.